The number of alkyl halides is 2. The lowest BCUT2D eigenvalue weighted by Crippen LogP contribution is -2.33. The highest BCUT2D eigenvalue weighted by molar-refractivity contribution is 5.35. The maximum Gasteiger partial charge on any atom is 0.280 e. The van der Waals surface area contributed by atoms with E-state index in [1.54, 1.807) is 4.57 Å². The van der Waals surface area contributed by atoms with Crippen molar-refractivity contribution in [2.45, 2.75) is 39.2 Å². The number of hydrogen-bond donors (Lipinski definition) is 0. The van der Waals surface area contributed by atoms with Crippen LogP contribution in [0.4, 0.5) is 8.78 Å². The largest absolute Gasteiger partial charge is 0.322 e. The van der Waals surface area contributed by atoms with Gasteiger partial charge in [-0.2, -0.15) is 0 Å². The molecule has 0 amide bonds. The van der Waals surface area contributed by atoms with Crippen molar-refractivity contribution in [3.63, 3.8) is 0 Å². The Morgan fingerprint density at radius 3 is 2.80 bits per heavy atom. The summed E-state index contributed by atoms with van der Waals surface area (Å²) in [5.74, 6) is 0. The van der Waals surface area contributed by atoms with Crippen molar-refractivity contribution in [3.8, 4) is 0 Å². The number of benzene rings is 1. The van der Waals surface area contributed by atoms with Gasteiger partial charge in [-0.1, -0.05) is 38.1 Å². The average molecular weight is 276 g/mol. The maximum atomic E-state index is 13.2. The van der Waals surface area contributed by atoms with Crippen LogP contribution in [0, 0.1) is 5.41 Å². The number of rotatable bonds is 2. The zero-order valence-electron chi connectivity index (χ0n) is 11.7. The second-order valence-corrected chi connectivity index (χ2v) is 6.12. The van der Waals surface area contributed by atoms with Crippen molar-refractivity contribution in [2.75, 3.05) is 0 Å². The van der Waals surface area contributed by atoms with Gasteiger partial charge in [0.2, 0.25) is 0 Å². The molecule has 106 valence electrons. The minimum absolute atomic E-state index is 0.000205. The molecule has 0 bridgehead atoms. The molecule has 1 atom stereocenters. The first-order chi connectivity index (χ1) is 9.50. The van der Waals surface area contributed by atoms with E-state index >= 15 is 0 Å². The van der Waals surface area contributed by atoms with Crippen molar-refractivity contribution < 1.29 is 8.78 Å². The van der Waals surface area contributed by atoms with Crippen LogP contribution in [0.5, 0.6) is 0 Å². The van der Waals surface area contributed by atoms with Gasteiger partial charge < -0.3 is 4.57 Å². The van der Waals surface area contributed by atoms with Crippen LogP contribution in [0.15, 0.2) is 36.8 Å². The number of fused-ring (bicyclic) bond motifs is 1. The van der Waals surface area contributed by atoms with Gasteiger partial charge in [-0.05, 0) is 29.4 Å². The Balaban J connectivity index is 2.17. The second-order valence-electron chi connectivity index (χ2n) is 6.12. The van der Waals surface area contributed by atoms with Crippen LogP contribution >= 0.6 is 0 Å². The molecular weight excluding hydrogens is 258 g/mol. The van der Waals surface area contributed by atoms with Gasteiger partial charge in [-0.3, -0.25) is 0 Å². The zero-order chi connectivity index (χ0) is 14.3. The monoisotopic (exact) mass is 276 g/mol. The molecule has 0 saturated carbocycles. The molecule has 0 spiro atoms. The van der Waals surface area contributed by atoms with E-state index in [1.807, 2.05) is 12.1 Å². The Kier molecular flexibility index (Phi) is 3.11. The minimum Gasteiger partial charge on any atom is -0.322 e. The fourth-order valence-corrected chi connectivity index (χ4v) is 3.27. The smallest absolute Gasteiger partial charge is 0.280 e. The Hall–Kier alpha value is -1.71. The molecule has 0 fully saturated rings. The molecule has 1 heterocycles. The fraction of sp³-hybridized carbons (Fsp3) is 0.438. The average Bonchev–Trinajstić information content (AvgIpc) is 2.86. The molecule has 1 unspecified atom stereocenters. The standard InChI is InChI=1S/C16H18F2N2/c1-16(2)8-7-11-5-3-4-6-12(11)14(16)20-10-19-9-13(20)15(17)18/h3-6,9-10,14-15H,7-8H2,1-2H3. The van der Waals surface area contributed by atoms with Gasteiger partial charge in [0.15, 0.2) is 0 Å². The predicted octanol–water partition coefficient (Wildman–Crippen LogP) is 4.38. The van der Waals surface area contributed by atoms with Crippen LogP contribution in [-0.2, 0) is 6.42 Å². The van der Waals surface area contributed by atoms with Gasteiger partial charge in [0.25, 0.3) is 6.43 Å². The molecule has 0 saturated heterocycles. The molecule has 2 aromatic rings. The molecule has 1 aromatic carbocycles. The molecule has 1 aliphatic rings. The molecule has 0 N–H and O–H groups in total. The quantitative estimate of drug-likeness (QED) is 0.795. The van der Waals surface area contributed by atoms with Crippen molar-refractivity contribution in [1.29, 1.82) is 0 Å². The number of halogens is 2. The molecule has 1 aliphatic carbocycles. The highest BCUT2D eigenvalue weighted by Crippen LogP contribution is 2.46. The van der Waals surface area contributed by atoms with Crippen molar-refractivity contribution in [3.05, 3.63) is 53.6 Å². The summed E-state index contributed by atoms with van der Waals surface area (Å²) in [6, 6.07) is 8.05. The van der Waals surface area contributed by atoms with Crippen LogP contribution in [0.3, 0.4) is 0 Å². The second kappa shape index (κ2) is 4.69. The highest BCUT2D eigenvalue weighted by atomic mass is 19.3. The molecular formula is C16H18F2N2. The number of aryl methyl sites for hydroxylation is 1. The number of nitrogens with zero attached hydrogens (tertiary/aromatic N) is 2. The van der Waals surface area contributed by atoms with E-state index in [9.17, 15) is 8.78 Å². The predicted molar refractivity (Wildman–Crippen MR) is 73.9 cm³/mol. The first-order valence-electron chi connectivity index (χ1n) is 6.88. The lowest BCUT2D eigenvalue weighted by molar-refractivity contribution is 0.128. The minimum atomic E-state index is -2.50. The molecule has 20 heavy (non-hydrogen) atoms. The molecule has 0 radical (unpaired) electrons. The molecule has 3 rings (SSSR count). The summed E-state index contributed by atoms with van der Waals surface area (Å²) < 4.78 is 28.0. The summed E-state index contributed by atoms with van der Waals surface area (Å²) in [5, 5.41) is 0. The van der Waals surface area contributed by atoms with Crippen LogP contribution in [0.2, 0.25) is 0 Å². The molecule has 1 aromatic heterocycles. The van der Waals surface area contributed by atoms with Gasteiger partial charge in [-0.25, -0.2) is 13.8 Å². The normalized spacial score (nSPS) is 20.9. The van der Waals surface area contributed by atoms with E-state index in [0.717, 1.165) is 18.4 Å². The van der Waals surface area contributed by atoms with E-state index in [4.69, 9.17) is 0 Å². The van der Waals surface area contributed by atoms with Gasteiger partial charge in [0.1, 0.15) is 5.69 Å². The number of hydrogen-bond acceptors (Lipinski definition) is 1. The fourth-order valence-electron chi connectivity index (χ4n) is 3.27. The summed E-state index contributed by atoms with van der Waals surface area (Å²) >= 11 is 0. The SMILES string of the molecule is CC1(C)CCc2ccccc2C1n1cncc1C(F)F. The third kappa shape index (κ3) is 2.03. The maximum absolute atomic E-state index is 13.2. The lowest BCUT2D eigenvalue weighted by Gasteiger charge is -2.41. The summed E-state index contributed by atoms with van der Waals surface area (Å²) in [6.45, 7) is 4.28. The Labute approximate surface area is 117 Å². The highest BCUT2D eigenvalue weighted by Gasteiger charge is 2.38. The number of aromatic nitrogens is 2. The van der Waals surface area contributed by atoms with Crippen molar-refractivity contribution in [1.82, 2.24) is 9.55 Å². The summed E-state index contributed by atoms with van der Waals surface area (Å²) in [5.41, 5.74) is 2.33. The van der Waals surface area contributed by atoms with Crippen molar-refractivity contribution >= 4 is 0 Å². The summed E-state index contributed by atoms with van der Waals surface area (Å²) in [4.78, 5) is 3.94. The van der Waals surface area contributed by atoms with Gasteiger partial charge in [-0.15, -0.1) is 0 Å². The number of imidazole rings is 1. The van der Waals surface area contributed by atoms with Gasteiger partial charge >= 0.3 is 0 Å². The van der Waals surface area contributed by atoms with E-state index in [-0.39, 0.29) is 17.2 Å². The van der Waals surface area contributed by atoms with Crippen LogP contribution in [0.25, 0.3) is 0 Å². The Bertz CT molecular complexity index is 616. The first-order valence-corrected chi connectivity index (χ1v) is 6.88. The van der Waals surface area contributed by atoms with E-state index < -0.39 is 6.43 Å². The van der Waals surface area contributed by atoms with Crippen LogP contribution in [0.1, 0.15) is 49.6 Å². The van der Waals surface area contributed by atoms with Crippen molar-refractivity contribution in [2.24, 2.45) is 5.41 Å². The van der Waals surface area contributed by atoms with E-state index in [2.05, 4.69) is 31.0 Å². The lowest BCUT2D eigenvalue weighted by atomic mass is 9.70. The summed E-state index contributed by atoms with van der Waals surface area (Å²) in [6.07, 6.45) is 2.30. The third-order valence-electron chi connectivity index (χ3n) is 4.33. The van der Waals surface area contributed by atoms with Crippen LogP contribution in [-0.4, -0.2) is 9.55 Å². The Morgan fingerprint density at radius 1 is 1.30 bits per heavy atom. The summed E-state index contributed by atoms with van der Waals surface area (Å²) in [7, 11) is 0. The van der Waals surface area contributed by atoms with E-state index in [0.29, 0.717) is 0 Å². The third-order valence-corrected chi connectivity index (χ3v) is 4.33. The van der Waals surface area contributed by atoms with E-state index in [1.165, 1.54) is 18.1 Å². The molecule has 0 aliphatic heterocycles. The topological polar surface area (TPSA) is 17.8 Å². The molecule has 4 heteroatoms. The first kappa shape index (κ1) is 13.3. The van der Waals surface area contributed by atoms with Crippen LogP contribution < -0.4 is 0 Å². The zero-order valence-corrected chi connectivity index (χ0v) is 11.7. The van der Waals surface area contributed by atoms with Gasteiger partial charge in [0, 0.05) is 0 Å². The Morgan fingerprint density at radius 2 is 2.05 bits per heavy atom. The molecule has 2 nitrogen and oxygen atoms in total. The van der Waals surface area contributed by atoms with Gasteiger partial charge in [0.05, 0.1) is 18.6 Å².